The molecule has 0 aliphatic carbocycles. The average molecular weight is 169 g/mol. The maximum absolute atomic E-state index is 3.37. The third kappa shape index (κ3) is 3.04. The van der Waals surface area contributed by atoms with Crippen LogP contribution in [0.2, 0.25) is 0 Å². The number of hydrogen-bond donors (Lipinski definition) is 1. The lowest BCUT2D eigenvalue weighted by Gasteiger charge is -1.98. The van der Waals surface area contributed by atoms with Crippen molar-refractivity contribution in [2.45, 2.75) is 26.8 Å². The van der Waals surface area contributed by atoms with Gasteiger partial charge in [0.1, 0.15) is 0 Å². The van der Waals surface area contributed by atoms with Crippen LogP contribution in [0.4, 0.5) is 0 Å². The second-order valence-corrected chi connectivity index (χ2v) is 3.86. The van der Waals surface area contributed by atoms with Gasteiger partial charge in [-0.1, -0.05) is 6.92 Å². The fourth-order valence-corrected chi connectivity index (χ4v) is 1.71. The summed E-state index contributed by atoms with van der Waals surface area (Å²) in [4.78, 5) is 1.40. The van der Waals surface area contributed by atoms with E-state index in [0.717, 1.165) is 13.1 Å². The normalized spacial score (nSPS) is 10.4. The molecule has 11 heavy (non-hydrogen) atoms. The molecule has 0 aromatic carbocycles. The maximum Gasteiger partial charge on any atom is 0.0213 e. The first-order chi connectivity index (χ1) is 5.33. The lowest BCUT2D eigenvalue weighted by Crippen LogP contribution is -2.12. The van der Waals surface area contributed by atoms with Gasteiger partial charge in [0.15, 0.2) is 0 Å². The van der Waals surface area contributed by atoms with Crippen LogP contribution in [0.1, 0.15) is 23.8 Å². The molecule has 0 radical (unpaired) electrons. The molecular formula is C9H15NS. The van der Waals surface area contributed by atoms with Gasteiger partial charge in [0.05, 0.1) is 0 Å². The minimum Gasteiger partial charge on any atom is -0.313 e. The Balaban J connectivity index is 2.27. The highest BCUT2D eigenvalue weighted by molar-refractivity contribution is 7.10. The van der Waals surface area contributed by atoms with Crippen molar-refractivity contribution in [3.63, 3.8) is 0 Å². The average Bonchev–Trinajstić information content (AvgIpc) is 2.37. The van der Waals surface area contributed by atoms with Gasteiger partial charge in [0.2, 0.25) is 0 Å². The highest BCUT2D eigenvalue weighted by Gasteiger charge is 1.93. The SMILES string of the molecule is CCCNCc1csc(C)c1. The summed E-state index contributed by atoms with van der Waals surface area (Å²) >= 11 is 1.82. The zero-order chi connectivity index (χ0) is 8.10. The minimum atomic E-state index is 1.03. The van der Waals surface area contributed by atoms with Gasteiger partial charge >= 0.3 is 0 Å². The van der Waals surface area contributed by atoms with Crippen LogP contribution in [0.3, 0.4) is 0 Å². The van der Waals surface area contributed by atoms with E-state index in [1.165, 1.54) is 16.9 Å². The summed E-state index contributed by atoms with van der Waals surface area (Å²) < 4.78 is 0. The van der Waals surface area contributed by atoms with E-state index in [2.05, 4.69) is 30.6 Å². The van der Waals surface area contributed by atoms with E-state index in [-0.39, 0.29) is 0 Å². The van der Waals surface area contributed by atoms with Crippen molar-refractivity contribution in [3.05, 3.63) is 21.9 Å². The van der Waals surface area contributed by atoms with Gasteiger partial charge in [0, 0.05) is 11.4 Å². The molecule has 1 N–H and O–H groups in total. The summed E-state index contributed by atoms with van der Waals surface area (Å²) in [7, 11) is 0. The van der Waals surface area contributed by atoms with Gasteiger partial charge in [-0.15, -0.1) is 11.3 Å². The first-order valence-corrected chi connectivity index (χ1v) is 4.95. The fourth-order valence-electron chi connectivity index (χ4n) is 1.000. The Kier molecular flexibility index (Phi) is 3.60. The molecule has 1 aromatic heterocycles. The Bertz CT molecular complexity index is 205. The van der Waals surface area contributed by atoms with Gasteiger partial charge < -0.3 is 5.32 Å². The Morgan fingerprint density at radius 2 is 2.36 bits per heavy atom. The molecule has 0 atom stereocenters. The molecule has 0 saturated heterocycles. The molecule has 0 saturated carbocycles. The standard InChI is InChI=1S/C9H15NS/c1-3-4-10-6-9-5-8(2)11-7-9/h5,7,10H,3-4,6H2,1-2H3. The third-order valence-corrected chi connectivity index (χ3v) is 2.45. The fraction of sp³-hybridized carbons (Fsp3) is 0.556. The van der Waals surface area contributed by atoms with E-state index in [4.69, 9.17) is 0 Å². The van der Waals surface area contributed by atoms with E-state index in [1.807, 2.05) is 11.3 Å². The molecule has 0 spiro atoms. The molecule has 1 rings (SSSR count). The highest BCUT2D eigenvalue weighted by Crippen LogP contribution is 2.12. The monoisotopic (exact) mass is 169 g/mol. The Labute approximate surface area is 72.4 Å². The van der Waals surface area contributed by atoms with Gasteiger partial charge in [-0.2, -0.15) is 0 Å². The van der Waals surface area contributed by atoms with Crippen molar-refractivity contribution in [1.29, 1.82) is 0 Å². The van der Waals surface area contributed by atoms with E-state index >= 15 is 0 Å². The molecule has 0 bridgehead atoms. The van der Waals surface area contributed by atoms with Crippen molar-refractivity contribution < 1.29 is 0 Å². The predicted octanol–water partition coefficient (Wildman–Crippen LogP) is 2.56. The van der Waals surface area contributed by atoms with Crippen LogP contribution >= 0.6 is 11.3 Å². The zero-order valence-corrected chi connectivity index (χ0v) is 8.00. The van der Waals surface area contributed by atoms with Gasteiger partial charge in [-0.05, 0) is 36.9 Å². The largest absolute Gasteiger partial charge is 0.313 e. The summed E-state index contributed by atoms with van der Waals surface area (Å²) in [5.74, 6) is 0. The second-order valence-electron chi connectivity index (χ2n) is 2.74. The molecule has 0 aliphatic rings. The quantitative estimate of drug-likeness (QED) is 0.683. The minimum absolute atomic E-state index is 1.03. The Morgan fingerprint density at radius 1 is 1.55 bits per heavy atom. The van der Waals surface area contributed by atoms with E-state index in [0.29, 0.717) is 0 Å². The van der Waals surface area contributed by atoms with Gasteiger partial charge in [-0.25, -0.2) is 0 Å². The summed E-state index contributed by atoms with van der Waals surface area (Å²) in [6.07, 6.45) is 1.21. The van der Waals surface area contributed by atoms with Crippen LogP contribution in [0.15, 0.2) is 11.4 Å². The van der Waals surface area contributed by atoms with Gasteiger partial charge in [-0.3, -0.25) is 0 Å². The van der Waals surface area contributed by atoms with Crippen molar-refractivity contribution in [2.75, 3.05) is 6.54 Å². The summed E-state index contributed by atoms with van der Waals surface area (Å²) in [6, 6.07) is 2.24. The number of rotatable bonds is 4. The van der Waals surface area contributed by atoms with Crippen molar-refractivity contribution in [3.8, 4) is 0 Å². The van der Waals surface area contributed by atoms with E-state index in [9.17, 15) is 0 Å². The van der Waals surface area contributed by atoms with E-state index < -0.39 is 0 Å². The number of hydrogen-bond acceptors (Lipinski definition) is 2. The molecular weight excluding hydrogens is 154 g/mol. The lowest BCUT2D eigenvalue weighted by molar-refractivity contribution is 0.676. The molecule has 0 unspecified atom stereocenters. The van der Waals surface area contributed by atoms with Crippen LogP contribution in [-0.2, 0) is 6.54 Å². The summed E-state index contributed by atoms with van der Waals surface area (Å²) in [5.41, 5.74) is 1.42. The van der Waals surface area contributed by atoms with Gasteiger partial charge in [0.25, 0.3) is 0 Å². The maximum atomic E-state index is 3.37. The van der Waals surface area contributed by atoms with Crippen LogP contribution in [0.5, 0.6) is 0 Å². The first kappa shape index (κ1) is 8.75. The van der Waals surface area contributed by atoms with Crippen molar-refractivity contribution >= 4 is 11.3 Å². The lowest BCUT2D eigenvalue weighted by atomic mass is 10.3. The molecule has 0 aliphatic heterocycles. The molecule has 1 aromatic rings. The first-order valence-electron chi connectivity index (χ1n) is 4.07. The number of nitrogens with one attached hydrogen (secondary N) is 1. The third-order valence-electron chi connectivity index (χ3n) is 1.54. The van der Waals surface area contributed by atoms with Crippen LogP contribution in [0, 0.1) is 6.92 Å². The smallest absolute Gasteiger partial charge is 0.0213 e. The van der Waals surface area contributed by atoms with Crippen molar-refractivity contribution in [2.24, 2.45) is 0 Å². The molecule has 0 fully saturated rings. The molecule has 0 amide bonds. The molecule has 1 nitrogen and oxygen atoms in total. The Morgan fingerprint density at radius 3 is 2.91 bits per heavy atom. The Hall–Kier alpha value is -0.340. The predicted molar refractivity (Wildman–Crippen MR) is 51.1 cm³/mol. The number of thiophene rings is 1. The molecule has 2 heteroatoms. The summed E-state index contributed by atoms with van der Waals surface area (Å²) in [5, 5.41) is 5.59. The summed E-state index contributed by atoms with van der Waals surface area (Å²) in [6.45, 7) is 6.48. The van der Waals surface area contributed by atoms with Crippen LogP contribution in [-0.4, -0.2) is 6.54 Å². The number of aryl methyl sites for hydroxylation is 1. The van der Waals surface area contributed by atoms with Crippen molar-refractivity contribution in [1.82, 2.24) is 5.32 Å². The van der Waals surface area contributed by atoms with E-state index in [1.54, 1.807) is 0 Å². The second kappa shape index (κ2) is 4.52. The van der Waals surface area contributed by atoms with Crippen LogP contribution in [0.25, 0.3) is 0 Å². The molecule has 1 heterocycles. The van der Waals surface area contributed by atoms with Crippen LogP contribution < -0.4 is 5.32 Å². The highest BCUT2D eigenvalue weighted by atomic mass is 32.1. The zero-order valence-electron chi connectivity index (χ0n) is 7.18. The molecule has 62 valence electrons. The topological polar surface area (TPSA) is 12.0 Å².